The fourth-order valence-corrected chi connectivity index (χ4v) is 4.82. The Morgan fingerprint density at radius 2 is 1.94 bits per heavy atom. The average Bonchev–Trinajstić information content (AvgIpc) is 2.90. The summed E-state index contributed by atoms with van der Waals surface area (Å²) in [5.74, 6) is -0.956. The largest absolute Gasteiger partial charge is 0.493 e. The Hall–Kier alpha value is -3.14. The second kappa shape index (κ2) is 13.2. The quantitative estimate of drug-likeness (QED) is 0.378. The number of halogens is 1. The van der Waals surface area contributed by atoms with Gasteiger partial charge in [0.2, 0.25) is 5.75 Å². The van der Waals surface area contributed by atoms with Gasteiger partial charge in [-0.2, -0.15) is 0 Å². The van der Waals surface area contributed by atoms with Gasteiger partial charge in [0.15, 0.2) is 11.4 Å². The molecule has 36 heavy (non-hydrogen) atoms. The molecule has 1 N–H and O–H groups in total. The molecule has 0 unspecified atom stereocenters. The number of hydrogen-bond donors (Lipinski definition) is 1. The van der Waals surface area contributed by atoms with Crippen LogP contribution in [0.4, 0.5) is 0 Å². The van der Waals surface area contributed by atoms with Gasteiger partial charge in [-0.1, -0.05) is 40.5 Å². The number of amides is 1. The van der Waals surface area contributed by atoms with E-state index >= 15 is 0 Å². The van der Waals surface area contributed by atoms with Gasteiger partial charge in [-0.05, 0) is 38.3 Å². The summed E-state index contributed by atoms with van der Waals surface area (Å²) in [6.07, 6.45) is 3.13. The van der Waals surface area contributed by atoms with Gasteiger partial charge in [-0.3, -0.25) is 9.59 Å². The minimum Gasteiger partial charge on any atom is -0.493 e. The summed E-state index contributed by atoms with van der Waals surface area (Å²) in [7, 11) is 1.39. The lowest BCUT2D eigenvalue weighted by Crippen LogP contribution is -2.45. The fraction of sp³-hybridized carbons (Fsp3) is 0.462. The molecule has 0 radical (unpaired) electrons. The highest BCUT2D eigenvalue weighted by molar-refractivity contribution is 9.09. The summed E-state index contributed by atoms with van der Waals surface area (Å²) in [5, 5.41) is 3.49. The van der Waals surface area contributed by atoms with Crippen molar-refractivity contribution in [3.8, 4) is 17.2 Å². The minimum absolute atomic E-state index is 0.108. The van der Waals surface area contributed by atoms with E-state index in [1.54, 1.807) is 6.92 Å². The van der Waals surface area contributed by atoms with E-state index in [4.69, 9.17) is 18.9 Å². The van der Waals surface area contributed by atoms with Gasteiger partial charge in [0, 0.05) is 30.4 Å². The topological polar surface area (TPSA) is 113 Å². The molecule has 9 nitrogen and oxygen atoms in total. The number of nitrogens with one attached hydrogen (secondary N) is 1. The molecule has 1 aromatic carbocycles. The molecule has 1 amide bonds. The third kappa shape index (κ3) is 7.19. The first-order chi connectivity index (χ1) is 17.3. The Morgan fingerprint density at radius 1 is 1.19 bits per heavy atom. The van der Waals surface area contributed by atoms with E-state index in [1.165, 1.54) is 26.3 Å². The van der Waals surface area contributed by atoms with Crippen LogP contribution in [0.3, 0.4) is 0 Å². The normalized spacial score (nSPS) is 22.3. The van der Waals surface area contributed by atoms with E-state index in [9.17, 15) is 14.4 Å². The summed E-state index contributed by atoms with van der Waals surface area (Å²) in [6.45, 7) is 3.02. The summed E-state index contributed by atoms with van der Waals surface area (Å²) in [4.78, 5) is 41.9. The molecule has 1 aromatic heterocycles. The van der Waals surface area contributed by atoms with Crippen molar-refractivity contribution in [2.75, 3.05) is 12.4 Å². The van der Waals surface area contributed by atoms with E-state index in [0.29, 0.717) is 18.6 Å². The second-order valence-corrected chi connectivity index (χ2v) is 9.31. The van der Waals surface area contributed by atoms with Crippen LogP contribution in [0.25, 0.3) is 0 Å². The van der Waals surface area contributed by atoms with Crippen LogP contribution >= 0.6 is 15.9 Å². The van der Waals surface area contributed by atoms with Crippen molar-refractivity contribution in [1.29, 1.82) is 0 Å². The molecule has 4 atom stereocenters. The van der Waals surface area contributed by atoms with Crippen molar-refractivity contribution in [2.45, 2.75) is 57.8 Å². The highest BCUT2D eigenvalue weighted by Crippen LogP contribution is 2.31. The van der Waals surface area contributed by atoms with Gasteiger partial charge < -0.3 is 24.3 Å². The number of benzene rings is 1. The van der Waals surface area contributed by atoms with Crippen LogP contribution in [0.5, 0.6) is 17.2 Å². The average molecular weight is 563 g/mol. The Kier molecular flexibility index (Phi) is 10.1. The van der Waals surface area contributed by atoms with E-state index in [1.807, 2.05) is 30.3 Å². The van der Waals surface area contributed by atoms with Crippen molar-refractivity contribution < 1.29 is 33.3 Å². The van der Waals surface area contributed by atoms with Crippen molar-refractivity contribution >= 4 is 33.8 Å². The van der Waals surface area contributed by atoms with Crippen molar-refractivity contribution in [2.24, 2.45) is 5.92 Å². The smallest absolute Gasteiger partial charge is 0.329 e. The lowest BCUT2D eigenvalue weighted by molar-refractivity contribution is -0.156. The maximum absolute atomic E-state index is 13.1. The van der Waals surface area contributed by atoms with Crippen LogP contribution in [0.15, 0.2) is 42.6 Å². The number of carbonyl (C=O) groups is 3. The van der Waals surface area contributed by atoms with Gasteiger partial charge in [-0.25, -0.2) is 9.78 Å². The van der Waals surface area contributed by atoms with Crippen molar-refractivity contribution in [3.05, 3.63) is 48.3 Å². The molecular formula is C26H31BrN2O7. The maximum Gasteiger partial charge on any atom is 0.329 e. The molecule has 0 aliphatic carbocycles. The number of para-hydroxylation sites is 1. The van der Waals surface area contributed by atoms with Crippen LogP contribution in [0.1, 0.15) is 50.0 Å². The van der Waals surface area contributed by atoms with E-state index < -0.39 is 30.0 Å². The third-order valence-electron chi connectivity index (χ3n) is 5.93. The zero-order valence-corrected chi connectivity index (χ0v) is 22.2. The molecule has 1 aliphatic heterocycles. The predicted octanol–water partition coefficient (Wildman–Crippen LogP) is 4.08. The molecule has 1 saturated heterocycles. The Bertz CT molecular complexity index is 1050. The Labute approximate surface area is 219 Å². The van der Waals surface area contributed by atoms with Crippen molar-refractivity contribution in [1.82, 2.24) is 10.3 Å². The lowest BCUT2D eigenvalue weighted by atomic mass is 9.90. The second-order valence-electron chi connectivity index (χ2n) is 8.52. The Morgan fingerprint density at radius 3 is 2.61 bits per heavy atom. The molecule has 0 saturated carbocycles. The van der Waals surface area contributed by atoms with Crippen LogP contribution in [0, 0.1) is 5.92 Å². The first-order valence-electron chi connectivity index (χ1n) is 11.8. The lowest BCUT2D eigenvalue weighted by Gasteiger charge is -2.31. The number of hydrogen-bond acceptors (Lipinski definition) is 8. The number of carbonyl (C=O) groups excluding carboxylic acids is 3. The van der Waals surface area contributed by atoms with Crippen LogP contribution < -0.4 is 19.5 Å². The highest BCUT2D eigenvalue weighted by atomic mass is 79.9. The maximum atomic E-state index is 13.1. The summed E-state index contributed by atoms with van der Waals surface area (Å²) < 4.78 is 22.5. The number of pyridine rings is 1. The van der Waals surface area contributed by atoms with Crippen LogP contribution in [0.2, 0.25) is 0 Å². The SMILES string of the molecule is COc1ccnc(C(=O)N[C@H]2CCC[C@H](CCBr)[C@@H](Oc3ccccc3)[C@H](C)OC2=O)c1OC(C)=O. The van der Waals surface area contributed by atoms with E-state index in [2.05, 4.69) is 26.2 Å². The van der Waals surface area contributed by atoms with E-state index in [-0.39, 0.29) is 29.2 Å². The number of alkyl halides is 1. The first-order valence-corrected chi connectivity index (χ1v) is 13.0. The molecule has 1 aliphatic rings. The van der Waals surface area contributed by atoms with Crippen LogP contribution in [-0.2, 0) is 14.3 Å². The number of cyclic esters (lactones) is 1. The fourth-order valence-electron chi connectivity index (χ4n) is 4.23. The van der Waals surface area contributed by atoms with E-state index in [0.717, 1.165) is 18.2 Å². The predicted molar refractivity (Wildman–Crippen MR) is 136 cm³/mol. The Balaban J connectivity index is 1.80. The van der Waals surface area contributed by atoms with Gasteiger partial charge >= 0.3 is 11.9 Å². The summed E-state index contributed by atoms with van der Waals surface area (Å²) >= 11 is 3.53. The minimum atomic E-state index is -0.904. The molecule has 0 bridgehead atoms. The molecule has 2 aromatic rings. The molecule has 10 heteroatoms. The van der Waals surface area contributed by atoms with Crippen LogP contribution in [-0.4, -0.2) is 53.5 Å². The highest BCUT2D eigenvalue weighted by Gasteiger charge is 2.36. The van der Waals surface area contributed by atoms with Gasteiger partial charge in [0.1, 0.15) is 24.0 Å². The molecule has 194 valence electrons. The van der Waals surface area contributed by atoms with Gasteiger partial charge in [0.05, 0.1) is 7.11 Å². The number of aromatic nitrogens is 1. The zero-order chi connectivity index (χ0) is 26.1. The summed E-state index contributed by atoms with van der Waals surface area (Å²) in [6, 6.07) is 10.0. The third-order valence-corrected chi connectivity index (χ3v) is 6.39. The molecule has 0 spiro atoms. The number of esters is 2. The number of nitrogens with zero attached hydrogens (tertiary/aromatic N) is 1. The molecule has 3 rings (SSSR count). The molecular weight excluding hydrogens is 532 g/mol. The molecule has 2 heterocycles. The monoisotopic (exact) mass is 562 g/mol. The van der Waals surface area contributed by atoms with Gasteiger partial charge in [0.25, 0.3) is 5.91 Å². The standard InChI is InChI=1S/C26H31BrN2O7/c1-16-23(36-19-9-5-4-6-10-19)18(12-14-27)8-7-11-20(26(32)34-16)29-25(31)22-24(35-17(2)30)21(33-3)13-15-28-22/h4-6,9-10,13,15-16,18,20,23H,7-8,11-12,14H2,1-3H3,(H,29,31)/t16-,18+,20-,23-/m0/s1. The number of ether oxygens (including phenoxy) is 4. The number of rotatable bonds is 8. The van der Waals surface area contributed by atoms with Gasteiger partial charge in [-0.15, -0.1) is 0 Å². The molecule has 1 fully saturated rings. The van der Waals surface area contributed by atoms with Crippen molar-refractivity contribution in [3.63, 3.8) is 0 Å². The summed E-state index contributed by atoms with van der Waals surface area (Å²) in [5.41, 5.74) is -0.160. The first kappa shape index (κ1) is 27.4. The number of methoxy groups -OCH3 is 1. The zero-order valence-electron chi connectivity index (χ0n) is 20.6.